The summed E-state index contributed by atoms with van der Waals surface area (Å²) < 4.78 is 21.2. The highest BCUT2D eigenvalue weighted by Crippen LogP contribution is 2.43. The van der Waals surface area contributed by atoms with Crippen LogP contribution in [-0.2, 0) is 0 Å². The van der Waals surface area contributed by atoms with Crippen LogP contribution in [0.25, 0.3) is 0 Å². The molecular formula is C30H28N2O6S2. The maximum atomic E-state index is 13.0. The molecule has 4 rings (SSSR count). The molecule has 0 aliphatic carbocycles. The third-order valence-electron chi connectivity index (χ3n) is 5.78. The lowest BCUT2D eigenvalue weighted by Gasteiger charge is -2.14. The highest BCUT2D eigenvalue weighted by Gasteiger charge is 2.16. The summed E-state index contributed by atoms with van der Waals surface area (Å²) in [4.78, 5) is 27.7. The molecule has 4 aromatic rings. The fourth-order valence-corrected chi connectivity index (χ4v) is 6.00. The molecule has 206 valence electrons. The predicted molar refractivity (Wildman–Crippen MR) is 160 cm³/mol. The van der Waals surface area contributed by atoms with E-state index in [1.807, 2.05) is 48.5 Å². The highest BCUT2D eigenvalue weighted by molar-refractivity contribution is 8.76. The number of carbonyl (C=O) groups excluding carboxylic acids is 2. The highest BCUT2D eigenvalue weighted by atomic mass is 33.1. The van der Waals surface area contributed by atoms with E-state index < -0.39 is 0 Å². The summed E-state index contributed by atoms with van der Waals surface area (Å²) in [6.07, 6.45) is 0. The van der Waals surface area contributed by atoms with Crippen molar-refractivity contribution in [3.63, 3.8) is 0 Å². The van der Waals surface area contributed by atoms with Crippen molar-refractivity contribution in [3.05, 3.63) is 96.1 Å². The zero-order chi connectivity index (χ0) is 28.5. The second kappa shape index (κ2) is 13.7. The van der Waals surface area contributed by atoms with Crippen molar-refractivity contribution in [2.45, 2.75) is 9.79 Å². The number of nitrogens with one attached hydrogen (secondary N) is 2. The number of para-hydroxylation sites is 2. The normalized spacial score (nSPS) is 10.4. The third kappa shape index (κ3) is 6.83. The number of hydrogen-bond donors (Lipinski definition) is 2. The summed E-state index contributed by atoms with van der Waals surface area (Å²) in [5, 5.41) is 5.96. The van der Waals surface area contributed by atoms with Gasteiger partial charge in [-0.25, -0.2) is 0 Å². The number of methoxy groups -OCH3 is 4. The maximum absolute atomic E-state index is 13.0. The first-order valence-corrected chi connectivity index (χ1v) is 14.2. The molecule has 0 saturated heterocycles. The molecule has 0 fully saturated rings. The molecule has 2 N–H and O–H groups in total. The van der Waals surface area contributed by atoms with Crippen LogP contribution < -0.4 is 29.6 Å². The first-order chi connectivity index (χ1) is 19.5. The number of benzene rings is 4. The minimum atomic E-state index is -0.276. The number of carbonyl (C=O) groups is 2. The Morgan fingerprint density at radius 2 is 0.900 bits per heavy atom. The number of ether oxygens (including phenoxy) is 4. The van der Waals surface area contributed by atoms with Crippen molar-refractivity contribution in [1.82, 2.24) is 0 Å². The molecule has 0 saturated carbocycles. The molecule has 0 spiro atoms. The van der Waals surface area contributed by atoms with Crippen molar-refractivity contribution >= 4 is 44.8 Å². The minimum absolute atomic E-state index is 0.276. The Morgan fingerprint density at radius 3 is 1.27 bits per heavy atom. The van der Waals surface area contributed by atoms with Gasteiger partial charge in [-0.3, -0.25) is 9.59 Å². The Kier molecular flexibility index (Phi) is 9.82. The van der Waals surface area contributed by atoms with E-state index in [4.69, 9.17) is 18.9 Å². The van der Waals surface area contributed by atoms with E-state index in [0.717, 1.165) is 9.79 Å². The van der Waals surface area contributed by atoms with Gasteiger partial charge in [0, 0.05) is 20.9 Å². The van der Waals surface area contributed by atoms with Crippen LogP contribution in [0.15, 0.2) is 94.7 Å². The summed E-state index contributed by atoms with van der Waals surface area (Å²) in [7, 11) is 9.07. The number of hydrogen-bond acceptors (Lipinski definition) is 8. The van der Waals surface area contributed by atoms with Crippen LogP contribution in [0.3, 0.4) is 0 Å². The summed E-state index contributed by atoms with van der Waals surface area (Å²) in [5.74, 6) is 1.48. The van der Waals surface area contributed by atoms with Crippen LogP contribution in [0.1, 0.15) is 20.7 Å². The Hall–Kier alpha value is -4.28. The van der Waals surface area contributed by atoms with E-state index in [1.165, 1.54) is 35.8 Å². The number of amides is 2. The van der Waals surface area contributed by atoms with Crippen molar-refractivity contribution in [1.29, 1.82) is 0 Å². The van der Waals surface area contributed by atoms with Crippen LogP contribution in [-0.4, -0.2) is 40.3 Å². The van der Waals surface area contributed by atoms with Crippen LogP contribution in [0, 0.1) is 0 Å². The molecule has 0 aliphatic rings. The maximum Gasteiger partial charge on any atom is 0.255 e. The van der Waals surface area contributed by atoms with Gasteiger partial charge in [-0.05, 0) is 60.7 Å². The Labute approximate surface area is 240 Å². The van der Waals surface area contributed by atoms with E-state index in [2.05, 4.69) is 10.6 Å². The van der Waals surface area contributed by atoms with E-state index >= 15 is 0 Å². The Balaban J connectivity index is 1.47. The zero-order valence-electron chi connectivity index (χ0n) is 22.3. The topological polar surface area (TPSA) is 95.1 Å². The molecule has 0 unspecified atom stereocenters. The average Bonchev–Trinajstić information content (AvgIpc) is 3.00. The van der Waals surface area contributed by atoms with Gasteiger partial charge in [0.1, 0.15) is 0 Å². The largest absolute Gasteiger partial charge is 0.493 e. The molecule has 4 aromatic carbocycles. The first kappa shape index (κ1) is 28.7. The molecule has 40 heavy (non-hydrogen) atoms. The van der Waals surface area contributed by atoms with Crippen molar-refractivity contribution in [3.8, 4) is 23.0 Å². The predicted octanol–water partition coefficient (Wildman–Crippen LogP) is 7.03. The first-order valence-electron chi connectivity index (χ1n) is 12.1. The van der Waals surface area contributed by atoms with E-state index in [-0.39, 0.29) is 11.8 Å². The lowest BCUT2D eigenvalue weighted by Crippen LogP contribution is -2.13. The Bertz CT molecular complexity index is 1400. The molecule has 0 bridgehead atoms. The zero-order valence-corrected chi connectivity index (χ0v) is 24.0. The smallest absolute Gasteiger partial charge is 0.255 e. The average molecular weight is 577 g/mol. The van der Waals surface area contributed by atoms with Gasteiger partial charge in [0.15, 0.2) is 23.0 Å². The summed E-state index contributed by atoms with van der Waals surface area (Å²) in [6, 6.07) is 25.1. The van der Waals surface area contributed by atoms with Crippen molar-refractivity contribution in [2.75, 3.05) is 39.1 Å². The van der Waals surface area contributed by atoms with Crippen LogP contribution in [0.5, 0.6) is 23.0 Å². The van der Waals surface area contributed by atoms with Gasteiger partial charge in [0.2, 0.25) is 0 Å². The lowest BCUT2D eigenvalue weighted by molar-refractivity contribution is 0.101. The molecule has 8 nitrogen and oxygen atoms in total. The van der Waals surface area contributed by atoms with Gasteiger partial charge in [-0.15, -0.1) is 0 Å². The van der Waals surface area contributed by atoms with E-state index in [9.17, 15) is 9.59 Å². The molecule has 2 amide bonds. The molecule has 0 aromatic heterocycles. The fourth-order valence-electron chi connectivity index (χ4n) is 3.72. The standard InChI is InChI=1S/C30H28N2O6S2/c1-35-23-15-13-19(17-25(23)37-3)29(33)31-21-9-5-7-11-27(21)39-40-28-12-8-6-10-22(28)32-30(34)20-14-16-24(36-2)26(18-20)38-4/h5-18H,1-4H3,(H,31,33)(H,32,34). The van der Waals surface area contributed by atoms with E-state index in [1.54, 1.807) is 50.6 Å². The minimum Gasteiger partial charge on any atom is -0.493 e. The molecule has 0 aliphatic heterocycles. The second-order valence-corrected chi connectivity index (χ2v) is 10.4. The monoisotopic (exact) mass is 576 g/mol. The van der Waals surface area contributed by atoms with Gasteiger partial charge < -0.3 is 29.6 Å². The Morgan fingerprint density at radius 1 is 0.525 bits per heavy atom. The third-order valence-corrected chi connectivity index (χ3v) is 8.26. The van der Waals surface area contributed by atoms with Crippen LogP contribution >= 0.6 is 21.6 Å². The lowest BCUT2D eigenvalue weighted by atomic mass is 10.2. The quantitative estimate of drug-likeness (QED) is 0.184. The number of rotatable bonds is 11. The van der Waals surface area contributed by atoms with Gasteiger partial charge in [-0.2, -0.15) is 0 Å². The SMILES string of the molecule is COc1ccc(C(=O)Nc2ccccc2SSc2ccccc2NC(=O)c2ccc(OC)c(OC)c2)cc1OC. The molecule has 0 heterocycles. The van der Waals surface area contributed by atoms with Gasteiger partial charge >= 0.3 is 0 Å². The second-order valence-electron chi connectivity index (χ2n) is 8.21. The van der Waals surface area contributed by atoms with E-state index in [0.29, 0.717) is 45.5 Å². The van der Waals surface area contributed by atoms with Crippen molar-refractivity contribution < 1.29 is 28.5 Å². The molecular weight excluding hydrogens is 548 g/mol. The summed E-state index contributed by atoms with van der Waals surface area (Å²) in [5.41, 5.74) is 2.19. The molecule has 0 atom stereocenters. The van der Waals surface area contributed by atoms with Crippen LogP contribution in [0.2, 0.25) is 0 Å². The van der Waals surface area contributed by atoms with Gasteiger partial charge in [-0.1, -0.05) is 45.9 Å². The summed E-state index contributed by atoms with van der Waals surface area (Å²) in [6.45, 7) is 0. The summed E-state index contributed by atoms with van der Waals surface area (Å²) >= 11 is 0. The molecule has 0 radical (unpaired) electrons. The van der Waals surface area contributed by atoms with Gasteiger partial charge in [0.25, 0.3) is 11.8 Å². The number of anilines is 2. The van der Waals surface area contributed by atoms with Crippen LogP contribution in [0.4, 0.5) is 11.4 Å². The molecule has 10 heteroatoms. The fraction of sp³-hybridized carbons (Fsp3) is 0.133. The van der Waals surface area contributed by atoms with Gasteiger partial charge in [0.05, 0.1) is 39.8 Å². The van der Waals surface area contributed by atoms with Crippen molar-refractivity contribution in [2.24, 2.45) is 0 Å².